The Balaban J connectivity index is 2.57. The van der Waals surface area contributed by atoms with Crippen LogP contribution in [0.25, 0.3) is 0 Å². The summed E-state index contributed by atoms with van der Waals surface area (Å²) in [6.07, 6.45) is 0.429. The van der Waals surface area contributed by atoms with Gasteiger partial charge in [-0.2, -0.15) is 0 Å². The molecule has 1 atom stereocenters. The van der Waals surface area contributed by atoms with Crippen LogP contribution in [-0.2, 0) is 11.3 Å². The average molecular weight is 302 g/mol. The molecule has 0 aliphatic rings. The third-order valence-corrected chi connectivity index (χ3v) is 3.10. The van der Waals surface area contributed by atoms with Crippen LogP contribution in [0.4, 0.5) is 0 Å². The number of hydrogen-bond acceptors (Lipinski definition) is 4. The van der Waals surface area contributed by atoms with Crippen molar-refractivity contribution in [3.63, 3.8) is 0 Å². The van der Waals surface area contributed by atoms with Crippen molar-refractivity contribution in [2.45, 2.75) is 32.9 Å². The smallest absolute Gasteiger partial charge is 0.125 e. The minimum atomic E-state index is -0.634. The lowest BCUT2D eigenvalue weighted by Gasteiger charge is -2.16. The van der Waals surface area contributed by atoms with E-state index in [1.165, 1.54) is 0 Å². The van der Waals surface area contributed by atoms with Crippen LogP contribution in [0.5, 0.6) is 5.75 Å². The van der Waals surface area contributed by atoms with Gasteiger partial charge in [-0.25, -0.2) is 0 Å². The van der Waals surface area contributed by atoms with Gasteiger partial charge in [0.1, 0.15) is 18.5 Å². The van der Waals surface area contributed by atoms with Crippen molar-refractivity contribution in [1.82, 2.24) is 5.32 Å². The molecule has 2 N–H and O–H groups in total. The molecule has 1 unspecified atom stereocenters. The average Bonchev–Trinajstić information content (AvgIpc) is 2.45. The van der Waals surface area contributed by atoms with Crippen molar-refractivity contribution >= 4 is 11.6 Å². The molecule has 0 fully saturated rings. The number of rotatable bonds is 10. The molecule has 0 heterocycles. The van der Waals surface area contributed by atoms with E-state index in [4.69, 9.17) is 21.1 Å². The van der Waals surface area contributed by atoms with E-state index < -0.39 is 6.10 Å². The van der Waals surface area contributed by atoms with E-state index >= 15 is 0 Å². The van der Waals surface area contributed by atoms with Gasteiger partial charge in [0.2, 0.25) is 0 Å². The van der Waals surface area contributed by atoms with Gasteiger partial charge in [0, 0.05) is 23.7 Å². The third kappa shape index (κ3) is 6.09. The second-order valence-corrected chi connectivity index (χ2v) is 4.92. The maximum atomic E-state index is 9.72. The van der Waals surface area contributed by atoms with Crippen LogP contribution in [0.15, 0.2) is 18.2 Å². The van der Waals surface area contributed by atoms with E-state index in [1.54, 1.807) is 0 Å². The molecule has 0 aliphatic heterocycles. The van der Waals surface area contributed by atoms with E-state index in [2.05, 4.69) is 12.2 Å². The molecule has 114 valence electrons. The Kier molecular flexibility index (Phi) is 8.62. The second kappa shape index (κ2) is 10.00. The SMILES string of the molecule is CCCNCc1c(Cl)cccc1OCC(O)COCC. The predicted molar refractivity (Wildman–Crippen MR) is 81.4 cm³/mol. The normalized spacial score (nSPS) is 12.4. The molecule has 1 aromatic rings. The molecular formula is C15H24ClNO3. The summed E-state index contributed by atoms with van der Waals surface area (Å²) in [5.74, 6) is 0.705. The van der Waals surface area contributed by atoms with Gasteiger partial charge in [-0.15, -0.1) is 0 Å². The standard InChI is InChI=1S/C15H24ClNO3/c1-3-8-17-9-13-14(16)6-5-7-15(13)20-11-12(18)10-19-4-2/h5-7,12,17-18H,3-4,8-11H2,1-2H3. The Morgan fingerprint density at radius 2 is 2.10 bits per heavy atom. The Hall–Kier alpha value is -0.810. The lowest BCUT2D eigenvalue weighted by atomic mass is 10.2. The Morgan fingerprint density at radius 1 is 1.30 bits per heavy atom. The van der Waals surface area contributed by atoms with Crippen molar-refractivity contribution in [3.05, 3.63) is 28.8 Å². The number of aliphatic hydroxyl groups is 1. The molecule has 20 heavy (non-hydrogen) atoms. The molecule has 0 radical (unpaired) electrons. The highest BCUT2D eigenvalue weighted by Gasteiger charge is 2.10. The second-order valence-electron chi connectivity index (χ2n) is 4.52. The summed E-state index contributed by atoms with van der Waals surface area (Å²) in [7, 11) is 0. The summed E-state index contributed by atoms with van der Waals surface area (Å²) >= 11 is 6.20. The fourth-order valence-corrected chi connectivity index (χ4v) is 1.96. The summed E-state index contributed by atoms with van der Waals surface area (Å²) in [6, 6.07) is 5.55. The summed E-state index contributed by atoms with van der Waals surface area (Å²) in [5, 5.41) is 13.7. The Morgan fingerprint density at radius 3 is 2.80 bits per heavy atom. The highest BCUT2D eigenvalue weighted by Crippen LogP contribution is 2.26. The fraction of sp³-hybridized carbons (Fsp3) is 0.600. The number of benzene rings is 1. The van der Waals surface area contributed by atoms with E-state index in [1.807, 2.05) is 25.1 Å². The minimum Gasteiger partial charge on any atom is -0.490 e. The van der Waals surface area contributed by atoms with Gasteiger partial charge in [0.15, 0.2) is 0 Å². The molecular weight excluding hydrogens is 278 g/mol. The molecule has 1 aromatic carbocycles. The molecule has 0 spiro atoms. The number of aliphatic hydroxyl groups excluding tert-OH is 1. The maximum Gasteiger partial charge on any atom is 0.125 e. The van der Waals surface area contributed by atoms with Crippen molar-refractivity contribution < 1.29 is 14.6 Å². The van der Waals surface area contributed by atoms with Crippen LogP contribution in [0.3, 0.4) is 0 Å². The number of halogens is 1. The first-order valence-electron chi connectivity index (χ1n) is 7.05. The molecule has 0 aromatic heterocycles. The molecule has 1 rings (SSSR count). The van der Waals surface area contributed by atoms with Crippen LogP contribution in [0.1, 0.15) is 25.8 Å². The van der Waals surface area contributed by atoms with Crippen molar-refractivity contribution in [1.29, 1.82) is 0 Å². The molecule has 0 saturated heterocycles. The van der Waals surface area contributed by atoms with Gasteiger partial charge in [0.05, 0.1) is 6.61 Å². The molecule has 0 bridgehead atoms. The van der Waals surface area contributed by atoms with Crippen LogP contribution in [0, 0.1) is 0 Å². The highest BCUT2D eigenvalue weighted by atomic mass is 35.5. The topological polar surface area (TPSA) is 50.7 Å². The van der Waals surface area contributed by atoms with Crippen LogP contribution < -0.4 is 10.1 Å². The Labute approximate surface area is 126 Å². The molecule has 4 nitrogen and oxygen atoms in total. The zero-order chi connectivity index (χ0) is 14.8. The lowest BCUT2D eigenvalue weighted by molar-refractivity contribution is 0.0162. The zero-order valence-corrected chi connectivity index (χ0v) is 12.9. The molecule has 0 saturated carbocycles. The predicted octanol–water partition coefficient (Wildman–Crippen LogP) is 2.62. The van der Waals surface area contributed by atoms with E-state index in [0.29, 0.717) is 23.9 Å². The summed E-state index contributed by atoms with van der Waals surface area (Å²) in [5.41, 5.74) is 0.922. The van der Waals surface area contributed by atoms with Crippen LogP contribution >= 0.6 is 11.6 Å². The van der Waals surface area contributed by atoms with Crippen molar-refractivity contribution in [3.8, 4) is 5.75 Å². The van der Waals surface area contributed by atoms with Crippen molar-refractivity contribution in [2.75, 3.05) is 26.4 Å². The first-order valence-corrected chi connectivity index (χ1v) is 7.43. The van der Waals surface area contributed by atoms with Crippen molar-refractivity contribution in [2.24, 2.45) is 0 Å². The van der Waals surface area contributed by atoms with Crippen LogP contribution in [-0.4, -0.2) is 37.6 Å². The summed E-state index contributed by atoms with van der Waals surface area (Å²) in [6.45, 7) is 6.65. The van der Waals surface area contributed by atoms with Gasteiger partial charge >= 0.3 is 0 Å². The Bertz CT molecular complexity index is 387. The number of ether oxygens (including phenoxy) is 2. The lowest BCUT2D eigenvalue weighted by Crippen LogP contribution is -2.24. The first kappa shape index (κ1) is 17.2. The van der Waals surface area contributed by atoms with E-state index in [-0.39, 0.29) is 13.2 Å². The van der Waals surface area contributed by atoms with Gasteiger partial charge in [0.25, 0.3) is 0 Å². The molecule has 0 amide bonds. The first-order chi connectivity index (χ1) is 9.69. The third-order valence-electron chi connectivity index (χ3n) is 2.75. The molecule has 0 aliphatic carbocycles. The number of nitrogens with one attached hydrogen (secondary N) is 1. The van der Waals surface area contributed by atoms with E-state index in [0.717, 1.165) is 18.5 Å². The zero-order valence-electron chi connectivity index (χ0n) is 12.2. The van der Waals surface area contributed by atoms with Gasteiger partial charge < -0.3 is 19.9 Å². The minimum absolute atomic E-state index is 0.196. The number of hydrogen-bond donors (Lipinski definition) is 2. The quantitative estimate of drug-likeness (QED) is 0.652. The van der Waals surface area contributed by atoms with Gasteiger partial charge in [-0.3, -0.25) is 0 Å². The summed E-state index contributed by atoms with van der Waals surface area (Å²) in [4.78, 5) is 0. The maximum absolute atomic E-state index is 9.72. The van der Waals surface area contributed by atoms with Crippen LogP contribution in [0.2, 0.25) is 5.02 Å². The molecule has 5 heteroatoms. The highest BCUT2D eigenvalue weighted by molar-refractivity contribution is 6.31. The largest absolute Gasteiger partial charge is 0.490 e. The fourth-order valence-electron chi connectivity index (χ4n) is 1.72. The van der Waals surface area contributed by atoms with Gasteiger partial charge in [-0.1, -0.05) is 24.6 Å². The van der Waals surface area contributed by atoms with Gasteiger partial charge in [-0.05, 0) is 32.0 Å². The van der Waals surface area contributed by atoms with E-state index in [9.17, 15) is 5.11 Å². The monoisotopic (exact) mass is 301 g/mol. The summed E-state index contributed by atoms with van der Waals surface area (Å²) < 4.78 is 10.8.